The van der Waals surface area contributed by atoms with E-state index in [1.165, 1.54) is 6.92 Å². The van der Waals surface area contributed by atoms with E-state index in [2.05, 4.69) is 15.3 Å². The lowest BCUT2D eigenvalue weighted by Crippen LogP contribution is -2.44. The van der Waals surface area contributed by atoms with E-state index >= 15 is 0 Å². The fraction of sp³-hybridized carbons (Fsp3) is 0.308. The van der Waals surface area contributed by atoms with Crippen LogP contribution in [0.3, 0.4) is 0 Å². The average molecular weight is 419 g/mol. The van der Waals surface area contributed by atoms with Crippen molar-refractivity contribution < 1.29 is 19.9 Å². The molecule has 0 aliphatic carbocycles. The Hall–Kier alpha value is -2.57. The zero-order valence-corrected chi connectivity index (χ0v) is 14.5. The molecule has 0 saturated carbocycles. The normalized spacial score (nSPS) is 13.0. The highest BCUT2D eigenvalue weighted by Gasteiger charge is 2.23. The Balaban J connectivity index is 0.00000312. The SMILES string of the molecule is Br.C[C@@H](O)[C@H](NCc1cc([N+](=O)[O-])cc2[nH]c(=O)c(=O)[nH]c12)C(=O)O. The van der Waals surface area contributed by atoms with Gasteiger partial charge in [-0.15, -0.1) is 17.0 Å². The molecule has 136 valence electrons. The second kappa shape index (κ2) is 8.00. The van der Waals surface area contributed by atoms with Crippen LogP contribution in [0.4, 0.5) is 5.69 Å². The predicted molar refractivity (Wildman–Crippen MR) is 92.1 cm³/mol. The van der Waals surface area contributed by atoms with E-state index < -0.39 is 34.2 Å². The molecule has 0 radical (unpaired) electrons. The topological polar surface area (TPSA) is 178 Å². The van der Waals surface area contributed by atoms with Gasteiger partial charge in [0.05, 0.1) is 22.1 Å². The van der Waals surface area contributed by atoms with E-state index in [0.29, 0.717) is 0 Å². The number of hydrogen-bond donors (Lipinski definition) is 5. The Morgan fingerprint density at radius 1 is 1.32 bits per heavy atom. The van der Waals surface area contributed by atoms with Crippen molar-refractivity contribution in [2.24, 2.45) is 0 Å². The molecule has 1 aromatic carbocycles. The van der Waals surface area contributed by atoms with Crippen LogP contribution < -0.4 is 16.4 Å². The lowest BCUT2D eigenvalue weighted by Gasteiger charge is -2.17. The van der Waals surface area contributed by atoms with E-state index in [9.17, 15) is 29.6 Å². The third-order valence-corrected chi connectivity index (χ3v) is 3.37. The Labute approximate surface area is 149 Å². The summed E-state index contributed by atoms with van der Waals surface area (Å²) in [6.07, 6.45) is -1.22. The minimum absolute atomic E-state index is 0. The lowest BCUT2D eigenvalue weighted by atomic mass is 10.1. The quantitative estimate of drug-likeness (QED) is 0.239. The van der Waals surface area contributed by atoms with E-state index in [4.69, 9.17) is 5.11 Å². The number of aromatic amines is 2. The van der Waals surface area contributed by atoms with Crippen molar-refractivity contribution in [3.63, 3.8) is 0 Å². The van der Waals surface area contributed by atoms with Gasteiger partial charge in [0.25, 0.3) is 5.69 Å². The molecule has 0 aliphatic heterocycles. The number of aromatic nitrogens is 2. The number of nitro benzene ring substituents is 1. The van der Waals surface area contributed by atoms with Crippen LogP contribution in [-0.2, 0) is 11.3 Å². The zero-order chi connectivity index (χ0) is 18.0. The molecule has 2 atom stereocenters. The first kappa shape index (κ1) is 20.5. The van der Waals surface area contributed by atoms with Gasteiger partial charge in [-0.05, 0) is 12.5 Å². The van der Waals surface area contributed by atoms with Crippen LogP contribution in [0.15, 0.2) is 21.7 Å². The zero-order valence-electron chi connectivity index (χ0n) is 12.8. The van der Waals surface area contributed by atoms with E-state index in [-0.39, 0.29) is 45.8 Å². The van der Waals surface area contributed by atoms with Crippen LogP contribution in [-0.4, -0.2) is 43.2 Å². The fourth-order valence-electron chi connectivity index (χ4n) is 2.21. The van der Waals surface area contributed by atoms with Crippen molar-refractivity contribution >= 4 is 39.7 Å². The molecule has 1 heterocycles. The van der Waals surface area contributed by atoms with Crippen molar-refractivity contribution in [2.45, 2.75) is 25.6 Å². The van der Waals surface area contributed by atoms with Crippen LogP contribution in [0.5, 0.6) is 0 Å². The number of benzene rings is 1. The van der Waals surface area contributed by atoms with Gasteiger partial charge in [-0.2, -0.15) is 0 Å². The third-order valence-electron chi connectivity index (χ3n) is 3.37. The summed E-state index contributed by atoms with van der Waals surface area (Å²) in [6, 6.07) is 0.915. The molecule has 0 unspecified atom stereocenters. The minimum Gasteiger partial charge on any atom is -0.480 e. The number of fused-ring (bicyclic) bond motifs is 1. The van der Waals surface area contributed by atoms with Gasteiger partial charge < -0.3 is 20.2 Å². The van der Waals surface area contributed by atoms with Gasteiger partial charge in [0.2, 0.25) is 0 Å². The Kier molecular flexibility index (Phi) is 6.55. The summed E-state index contributed by atoms with van der Waals surface area (Å²) in [5.41, 5.74) is -1.88. The van der Waals surface area contributed by atoms with Crippen molar-refractivity contribution in [1.82, 2.24) is 15.3 Å². The van der Waals surface area contributed by atoms with E-state index in [0.717, 1.165) is 12.1 Å². The number of H-pyrrole nitrogens is 2. The average Bonchev–Trinajstić information content (AvgIpc) is 2.47. The van der Waals surface area contributed by atoms with Crippen LogP contribution in [0.1, 0.15) is 12.5 Å². The van der Waals surface area contributed by atoms with Gasteiger partial charge in [0.15, 0.2) is 0 Å². The Morgan fingerprint density at radius 2 is 1.92 bits per heavy atom. The number of nitro groups is 1. The van der Waals surface area contributed by atoms with Crippen LogP contribution in [0.25, 0.3) is 11.0 Å². The second-order valence-electron chi connectivity index (χ2n) is 5.13. The number of rotatable bonds is 6. The first-order chi connectivity index (χ1) is 11.2. The highest BCUT2D eigenvalue weighted by molar-refractivity contribution is 8.93. The molecule has 2 aromatic rings. The maximum Gasteiger partial charge on any atom is 0.323 e. The number of aliphatic hydroxyl groups is 1. The smallest absolute Gasteiger partial charge is 0.323 e. The van der Waals surface area contributed by atoms with Gasteiger partial charge in [-0.25, -0.2) is 0 Å². The lowest BCUT2D eigenvalue weighted by molar-refractivity contribution is -0.384. The number of aliphatic hydroxyl groups excluding tert-OH is 1. The molecule has 0 amide bonds. The van der Waals surface area contributed by atoms with Gasteiger partial charge in [-0.1, -0.05) is 0 Å². The number of carbonyl (C=O) groups is 1. The molecule has 0 fully saturated rings. The molecule has 12 heteroatoms. The summed E-state index contributed by atoms with van der Waals surface area (Å²) in [5, 5.41) is 32.0. The van der Waals surface area contributed by atoms with E-state index in [1.807, 2.05) is 0 Å². The molecular formula is C13H15BrN4O7. The number of nitrogens with zero attached hydrogens (tertiary/aromatic N) is 1. The molecule has 2 rings (SSSR count). The standard InChI is InChI=1S/C13H14N4O7.BrH/c1-5(18)9(13(21)22)14-4-6-2-7(17(23)24)3-8-10(6)16-12(20)11(19)15-8;/h2-3,5,9,14,18H,4H2,1H3,(H,15,19)(H,16,20)(H,21,22);1H/t5-,9+;/m1./s1. The van der Waals surface area contributed by atoms with E-state index in [1.54, 1.807) is 0 Å². The second-order valence-corrected chi connectivity index (χ2v) is 5.13. The Morgan fingerprint density at radius 3 is 2.44 bits per heavy atom. The molecule has 0 spiro atoms. The summed E-state index contributed by atoms with van der Waals surface area (Å²) < 4.78 is 0. The summed E-state index contributed by atoms with van der Waals surface area (Å²) in [4.78, 5) is 48.7. The third kappa shape index (κ3) is 4.49. The maximum absolute atomic E-state index is 11.5. The molecule has 0 aliphatic rings. The van der Waals surface area contributed by atoms with Crippen LogP contribution >= 0.6 is 17.0 Å². The van der Waals surface area contributed by atoms with Gasteiger partial charge >= 0.3 is 17.1 Å². The highest BCUT2D eigenvalue weighted by atomic mass is 79.9. The first-order valence-electron chi connectivity index (χ1n) is 6.78. The molecular weight excluding hydrogens is 404 g/mol. The maximum atomic E-state index is 11.5. The number of halogens is 1. The Bertz CT molecular complexity index is 921. The summed E-state index contributed by atoms with van der Waals surface area (Å²) in [6.45, 7) is 1.08. The number of non-ortho nitro benzene ring substituents is 1. The van der Waals surface area contributed by atoms with Crippen LogP contribution in [0, 0.1) is 10.1 Å². The summed E-state index contributed by atoms with van der Waals surface area (Å²) in [7, 11) is 0. The summed E-state index contributed by atoms with van der Waals surface area (Å²) >= 11 is 0. The van der Waals surface area contributed by atoms with Gasteiger partial charge in [-0.3, -0.25) is 29.8 Å². The largest absolute Gasteiger partial charge is 0.480 e. The molecule has 0 bridgehead atoms. The number of nitrogens with one attached hydrogen (secondary N) is 3. The molecule has 0 saturated heterocycles. The van der Waals surface area contributed by atoms with Crippen LogP contribution in [0.2, 0.25) is 0 Å². The van der Waals surface area contributed by atoms with Gasteiger partial charge in [0, 0.05) is 18.7 Å². The molecule has 1 aromatic heterocycles. The van der Waals surface area contributed by atoms with Crippen molar-refractivity contribution in [3.8, 4) is 0 Å². The molecule has 11 nitrogen and oxygen atoms in total. The number of aliphatic carboxylic acids is 1. The molecule has 5 N–H and O–H groups in total. The predicted octanol–water partition coefficient (Wildman–Crippen LogP) is -0.374. The first-order valence-corrected chi connectivity index (χ1v) is 6.78. The highest BCUT2D eigenvalue weighted by Crippen LogP contribution is 2.21. The van der Waals surface area contributed by atoms with Gasteiger partial charge in [0.1, 0.15) is 6.04 Å². The fourth-order valence-corrected chi connectivity index (χ4v) is 2.21. The number of carboxylic acids is 1. The number of carboxylic acid groups (broad SMARTS) is 1. The van der Waals surface area contributed by atoms with Crippen molar-refractivity contribution in [2.75, 3.05) is 0 Å². The number of hydrogen-bond acceptors (Lipinski definition) is 7. The monoisotopic (exact) mass is 418 g/mol. The van der Waals surface area contributed by atoms with Crippen molar-refractivity contribution in [1.29, 1.82) is 0 Å². The summed E-state index contributed by atoms with van der Waals surface area (Å²) in [5.74, 6) is -1.30. The minimum atomic E-state index is -1.31. The molecule has 25 heavy (non-hydrogen) atoms. The van der Waals surface area contributed by atoms with Crippen molar-refractivity contribution in [3.05, 3.63) is 48.5 Å².